The van der Waals surface area contributed by atoms with Crippen molar-refractivity contribution in [1.82, 2.24) is 5.01 Å². The lowest BCUT2D eigenvalue weighted by Crippen LogP contribution is -2.45. The molecule has 10 heteroatoms. The predicted molar refractivity (Wildman–Crippen MR) is 101 cm³/mol. The lowest BCUT2D eigenvalue weighted by molar-refractivity contribution is -0.132. The maximum atomic E-state index is 14.3. The van der Waals surface area contributed by atoms with Crippen molar-refractivity contribution in [2.24, 2.45) is 10.1 Å². The zero-order valence-electron chi connectivity index (χ0n) is 15.5. The van der Waals surface area contributed by atoms with Gasteiger partial charge < -0.3 is 0 Å². The molecule has 2 aliphatic heterocycles. The molecule has 0 aromatic heterocycles. The van der Waals surface area contributed by atoms with Crippen molar-refractivity contribution in [3.8, 4) is 6.07 Å². The van der Waals surface area contributed by atoms with Crippen LogP contribution in [0.25, 0.3) is 5.57 Å². The van der Waals surface area contributed by atoms with Crippen LogP contribution in [0.2, 0.25) is 0 Å². The van der Waals surface area contributed by atoms with Gasteiger partial charge in [0.1, 0.15) is 11.6 Å². The lowest BCUT2D eigenvalue weighted by atomic mass is 9.96. The first-order chi connectivity index (χ1) is 14.7. The van der Waals surface area contributed by atoms with Gasteiger partial charge in [0.15, 0.2) is 11.9 Å². The fourth-order valence-electron chi connectivity index (χ4n) is 3.29. The van der Waals surface area contributed by atoms with Crippen LogP contribution in [-0.4, -0.2) is 34.7 Å². The average Bonchev–Trinajstić information content (AvgIpc) is 2.72. The van der Waals surface area contributed by atoms with Gasteiger partial charge in [0.05, 0.1) is 23.8 Å². The number of benzene rings is 2. The van der Waals surface area contributed by atoms with Crippen LogP contribution >= 0.6 is 0 Å². The Hall–Kier alpha value is -3.87. The van der Waals surface area contributed by atoms with Gasteiger partial charge in [0, 0.05) is 17.2 Å². The smallest absolute Gasteiger partial charge is 0.272 e. The molecule has 0 radical (unpaired) electrons. The highest BCUT2D eigenvalue weighted by Crippen LogP contribution is 2.35. The Morgan fingerprint density at radius 3 is 2.42 bits per heavy atom. The van der Waals surface area contributed by atoms with E-state index in [0.717, 1.165) is 18.2 Å². The first-order valence-corrected chi connectivity index (χ1v) is 8.90. The summed E-state index contributed by atoms with van der Waals surface area (Å²) in [5.41, 5.74) is -1.43. The summed E-state index contributed by atoms with van der Waals surface area (Å²) in [7, 11) is 0. The number of aliphatic imine (C=N–C) groups is 1. The monoisotopic (exact) mass is 430 g/mol. The second-order valence-corrected chi connectivity index (χ2v) is 6.74. The number of rotatable bonds is 2. The molecule has 0 fully saturated rings. The van der Waals surface area contributed by atoms with Crippen molar-refractivity contribution >= 4 is 22.9 Å². The van der Waals surface area contributed by atoms with Crippen molar-refractivity contribution in [2.75, 3.05) is 0 Å². The van der Waals surface area contributed by atoms with Gasteiger partial charge in [-0.15, -0.1) is 0 Å². The minimum Gasteiger partial charge on any atom is -0.272 e. The van der Waals surface area contributed by atoms with E-state index < -0.39 is 46.7 Å². The van der Waals surface area contributed by atoms with Crippen LogP contribution in [0.3, 0.4) is 0 Å². The number of amides is 1. The average molecular weight is 430 g/mol. The number of halogens is 5. The van der Waals surface area contributed by atoms with E-state index in [1.165, 1.54) is 12.1 Å². The molecule has 0 saturated heterocycles. The molecule has 1 atom stereocenters. The molecule has 2 aromatic rings. The van der Waals surface area contributed by atoms with E-state index >= 15 is 0 Å². The minimum absolute atomic E-state index is 0.288. The van der Waals surface area contributed by atoms with Crippen molar-refractivity contribution in [3.63, 3.8) is 0 Å². The summed E-state index contributed by atoms with van der Waals surface area (Å²) < 4.78 is 68.4. The number of nitriles is 1. The number of hydrazone groups is 1. The zero-order chi connectivity index (χ0) is 22.3. The molecule has 4 rings (SSSR count). The minimum atomic E-state index is -4.99. The molecule has 0 N–H and O–H groups in total. The number of hydrogen-bond donors (Lipinski definition) is 0. The predicted octanol–water partition coefficient (Wildman–Crippen LogP) is 4.20. The van der Waals surface area contributed by atoms with Gasteiger partial charge in [-0.3, -0.25) is 9.79 Å². The highest BCUT2D eigenvalue weighted by molar-refractivity contribution is 6.27. The van der Waals surface area contributed by atoms with E-state index in [0.29, 0.717) is 22.2 Å². The van der Waals surface area contributed by atoms with Crippen molar-refractivity contribution in [2.45, 2.75) is 18.8 Å². The van der Waals surface area contributed by atoms with Gasteiger partial charge in [0.25, 0.3) is 5.91 Å². The Morgan fingerprint density at radius 1 is 1.10 bits per heavy atom. The van der Waals surface area contributed by atoms with Gasteiger partial charge in [0.2, 0.25) is 0 Å². The molecule has 31 heavy (non-hydrogen) atoms. The fourth-order valence-corrected chi connectivity index (χ4v) is 3.29. The Morgan fingerprint density at radius 2 is 1.81 bits per heavy atom. The number of carbonyl (C=O) groups excluding carboxylic acids is 1. The third-order valence-corrected chi connectivity index (χ3v) is 4.73. The molecular weight excluding hydrogens is 419 g/mol. The van der Waals surface area contributed by atoms with E-state index in [9.17, 15) is 26.7 Å². The van der Waals surface area contributed by atoms with Crippen LogP contribution in [-0.2, 0) is 4.79 Å². The molecule has 2 aliphatic rings. The van der Waals surface area contributed by atoms with Gasteiger partial charge in [-0.2, -0.15) is 23.5 Å². The molecule has 0 bridgehead atoms. The van der Waals surface area contributed by atoms with Gasteiger partial charge in [-0.25, -0.2) is 13.8 Å². The van der Waals surface area contributed by atoms with E-state index in [1.807, 2.05) is 6.07 Å². The van der Waals surface area contributed by atoms with Crippen molar-refractivity contribution in [1.29, 1.82) is 5.26 Å². The second-order valence-electron chi connectivity index (χ2n) is 6.74. The number of alkyl halides is 3. The number of fused-ring (bicyclic) bond motifs is 1. The summed E-state index contributed by atoms with van der Waals surface area (Å²) in [6.45, 7) is 0. The van der Waals surface area contributed by atoms with Crippen LogP contribution in [0.5, 0.6) is 0 Å². The van der Waals surface area contributed by atoms with Crippen LogP contribution in [0.15, 0.2) is 58.6 Å². The molecule has 0 spiro atoms. The summed E-state index contributed by atoms with van der Waals surface area (Å²) in [5, 5.41) is 12.9. The van der Waals surface area contributed by atoms with E-state index in [4.69, 9.17) is 5.26 Å². The van der Waals surface area contributed by atoms with Crippen LogP contribution in [0, 0.1) is 23.0 Å². The summed E-state index contributed by atoms with van der Waals surface area (Å²) >= 11 is 0. The first kappa shape index (κ1) is 20.4. The van der Waals surface area contributed by atoms with Gasteiger partial charge in [-0.05, 0) is 35.9 Å². The van der Waals surface area contributed by atoms with Gasteiger partial charge in [-0.1, -0.05) is 12.1 Å². The normalized spacial score (nSPS) is 18.6. The van der Waals surface area contributed by atoms with E-state index in [1.54, 1.807) is 12.1 Å². The highest BCUT2D eigenvalue weighted by Gasteiger charge is 2.44. The van der Waals surface area contributed by atoms with Crippen LogP contribution in [0.1, 0.15) is 23.1 Å². The fraction of sp³-hybridized carbons (Fsp3) is 0.143. The quantitative estimate of drug-likeness (QED) is 0.671. The molecule has 0 aliphatic carbocycles. The van der Waals surface area contributed by atoms with Crippen molar-refractivity contribution in [3.05, 3.63) is 76.9 Å². The Labute approximate surface area is 172 Å². The third kappa shape index (κ3) is 3.82. The molecule has 1 amide bonds. The summed E-state index contributed by atoms with van der Waals surface area (Å²) in [5.74, 6) is -2.87. The second kappa shape index (κ2) is 7.43. The van der Waals surface area contributed by atoms with E-state index in [-0.39, 0.29) is 12.1 Å². The molecule has 1 unspecified atom stereocenters. The van der Waals surface area contributed by atoms with Crippen LogP contribution < -0.4 is 0 Å². The summed E-state index contributed by atoms with van der Waals surface area (Å²) in [6.07, 6.45) is -5.55. The largest absolute Gasteiger partial charge is 0.435 e. The maximum Gasteiger partial charge on any atom is 0.435 e. The standard InChI is InChI=1S/C21H11F5N4O/c22-13-5-6-14(16(23)7-13)15-8-18-28-17(12-3-1-11(10-27)2-4-12)9-19(31)30(18)29-20(15)21(24,25)26/h1-8,18H,9H2. The molecule has 156 valence electrons. The zero-order valence-corrected chi connectivity index (χ0v) is 15.5. The topological polar surface area (TPSA) is 68.8 Å². The van der Waals surface area contributed by atoms with Crippen LogP contribution in [0.4, 0.5) is 22.0 Å². The van der Waals surface area contributed by atoms with Crippen molar-refractivity contribution < 1.29 is 26.7 Å². The number of allylic oxidation sites excluding steroid dienone is 1. The number of carbonyl (C=O) groups is 1. The number of hydrogen-bond acceptors (Lipinski definition) is 4. The molecule has 2 heterocycles. The Bertz CT molecular complexity index is 1210. The third-order valence-electron chi connectivity index (χ3n) is 4.73. The highest BCUT2D eigenvalue weighted by atomic mass is 19.4. The molecule has 0 saturated carbocycles. The van der Waals surface area contributed by atoms with Gasteiger partial charge >= 0.3 is 6.18 Å². The molecule has 5 nitrogen and oxygen atoms in total. The Kier molecular flexibility index (Phi) is 4.89. The SMILES string of the molecule is N#Cc1ccc(C2=NC3C=C(c4ccc(F)cc4F)C(C(F)(F)F)=NN3C(=O)C2)cc1. The van der Waals surface area contributed by atoms with E-state index in [2.05, 4.69) is 10.1 Å². The maximum absolute atomic E-state index is 14.3. The summed E-state index contributed by atoms with van der Waals surface area (Å²) in [6, 6.07) is 10.3. The summed E-state index contributed by atoms with van der Waals surface area (Å²) in [4.78, 5) is 16.8. The first-order valence-electron chi connectivity index (χ1n) is 8.90. The Balaban J connectivity index is 1.82. The number of nitrogens with zero attached hydrogens (tertiary/aromatic N) is 4. The molecule has 2 aromatic carbocycles. The lowest BCUT2D eigenvalue weighted by Gasteiger charge is -2.33. The molecular formula is C21H11F5N4O.